The topological polar surface area (TPSA) is 76.8 Å². The molecule has 0 spiro atoms. The van der Waals surface area contributed by atoms with E-state index < -0.39 is 0 Å². The minimum Gasteiger partial charge on any atom is -0.328 e. The molecule has 2 aromatic heterocycles. The molecule has 136 valence electrons. The van der Waals surface area contributed by atoms with Gasteiger partial charge in [-0.15, -0.1) is 0 Å². The van der Waals surface area contributed by atoms with E-state index in [0.29, 0.717) is 6.54 Å². The van der Waals surface area contributed by atoms with Crippen LogP contribution in [0.1, 0.15) is 37.7 Å². The minimum absolute atomic E-state index is 0.189. The molecule has 0 aliphatic heterocycles. The smallest absolute Gasteiger partial charge is 0.319 e. The van der Waals surface area contributed by atoms with Crippen LogP contribution in [0.2, 0.25) is 0 Å². The summed E-state index contributed by atoms with van der Waals surface area (Å²) in [5.41, 5.74) is 2.81. The van der Waals surface area contributed by atoms with E-state index >= 15 is 0 Å². The number of aryl methyl sites for hydroxylation is 1. The number of carbonyl (C=O) groups excluding carboxylic acids is 1. The van der Waals surface area contributed by atoms with E-state index in [2.05, 4.69) is 20.7 Å². The van der Waals surface area contributed by atoms with E-state index in [0.717, 1.165) is 29.2 Å². The molecule has 7 nitrogen and oxygen atoms in total. The van der Waals surface area contributed by atoms with Gasteiger partial charge in [0.2, 0.25) is 0 Å². The van der Waals surface area contributed by atoms with Gasteiger partial charge >= 0.3 is 6.03 Å². The third-order valence-corrected chi connectivity index (χ3v) is 4.41. The van der Waals surface area contributed by atoms with Crippen molar-refractivity contribution >= 4 is 11.7 Å². The van der Waals surface area contributed by atoms with Crippen molar-refractivity contribution in [2.24, 2.45) is 0 Å². The summed E-state index contributed by atoms with van der Waals surface area (Å²) in [5, 5.41) is 10.1. The standard InChI is InChI=1S/C19H24N6O/c1-4-15(18-20-13-21-25(18)5-2)22-19(26)23-16-9-8-10-17(14(16)3)24-11-6-7-12-24/h6-13,15H,4-5H2,1-3H3,(H2,22,23,26). The van der Waals surface area contributed by atoms with Gasteiger partial charge in [-0.2, -0.15) is 5.10 Å². The molecule has 3 aromatic rings. The van der Waals surface area contributed by atoms with Crippen LogP contribution in [0.4, 0.5) is 10.5 Å². The lowest BCUT2D eigenvalue weighted by molar-refractivity contribution is 0.247. The lowest BCUT2D eigenvalue weighted by atomic mass is 10.1. The van der Waals surface area contributed by atoms with Crippen LogP contribution >= 0.6 is 0 Å². The number of carbonyl (C=O) groups is 1. The number of nitrogens with zero attached hydrogens (tertiary/aromatic N) is 4. The highest BCUT2D eigenvalue weighted by atomic mass is 16.2. The number of benzene rings is 1. The lowest BCUT2D eigenvalue weighted by Crippen LogP contribution is -2.34. The highest BCUT2D eigenvalue weighted by Crippen LogP contribution is 2.23. The van der Waals surface area contributed by atoms with Crippen LogP contribution in [0.3, 0.4) is 0 Å². The Hall–Kier alpha value is -3.09. The summed E-state index contributed by atoms with van der Waals surface area (Å²) in [5.74, 6) is 0.767. The zero-order chi connectivity index (χ0) is 18.5. The molecule has 0 aliphatic carbocycles. The number of hydrogen-bond acceptors (Lipinski definition) is 3. The first-order valence-corrected chi connectivity index (χ1v) is 8.82. The van der Waals surface area contributed by atoms with Gasteiger partial charge in [-0.25, -0.2) is 14.5 Å². The Morgan fingerprint density at radius 1 is 1.19 bits per heavy atom. The second-order valence-electron chi connectivity index (χ2n) is 6.03. The number of aromatic nitrogens is 4. The molecule has 1 aromatic carbocycles. The number of hydrogen-bond donors (Lipinski definition) is 2. The van der Waals surface area contributed by atoms with Crippen LogP contribution in [0.25, 0.3) is 5.69 Å². The maximum Gasteiger partial charge on any atom is 0.319 e. The van der Waals surface area contributed by atoms with E-state index in [9.17, 15) is 4.79 Å². The molecule has 0 radical (unpaired) electrons. The number of anilines is 1. The van der Waals surface area contributed by atoms with Crippen LogP contribution in [0.5, 0.6) is 0 Å². The molecule has 1 atom stereocenters. The average Bonchev–Trinajstić information content (AvgIpc) is 3.33. The van der Waals surface area contributed by atoms with Gasteiger partial charge in [0.15, 0.2) is 0 Å². The SMILES string of the molecule is CCC(NC(=O)Nc1cccc(-n2cccc2)c1C)c1ncnn1CC. The van der Waals surface area contributed by atoms with Gasteiger partial charge in [-0.05, 0) is 50.1 Å². The van der Waals surface area contributed by atoms with E-state index in [4.69, 9.17) is 0 Å². The van der Waals surface area contributed by atoms with E-state index in [-0.39, 0.29) is 12.1 Å². The Kier molecular flexibility index (Phi) is 5.36. The molecule has 0 fully saturated rings. The summed E-state index contributed by atoms with van der Waals surface area (Å²) >= 11 is 0. The predicted molar refractivity (Wildman–Crippen MR) is 101 cm³/mol. The van der Waals surface area contributed by atoms with Crippen molar-refractivity contribution < 1.29 is 4.79 Å². The summed E-state index contributed by atoms with van der Waals surface area (Å²) in [6.07, 6.45) is 6.22. The number of rotatable bonds is 6. The van der Waals surface area contributed by atoms with Crippen molar-refractivity contribution in [3.8, 4) is 5.69 Å². The summed E-state index contributed by atoms with van der Waals surface area (Å²) in [6.45, 7) is 6.72. The number of nitrogens with one attached hydrogen (secondary N) is 2. The fourth-order valence-corrected chi connectivity index (χ4v) is 2.99. The molecular formula is C19H24N6O. The van der Waals surface area contributed by atoms with Crippen LogP contribution in [0.15, 0.2) is 49.1 Å². The maximum atomic E-state index is 12.5. The zero-order valence-electron chi connectivity index (χ0n) is 15.3. The molecule has 3 rings (SSSR count). The fraction of sp³-hybridized carbons (Fsp3) is 0.316. The highest BCUT2D eigenvalue weighted by molar-refractivity contribution is 5.90. The summed E-state index contributed by atoms with van der Waals surface area (Å²) in [7, 11) is 0. The minimum atomic E-state index is -0.254. The second-order valence-corrected chi connectivity index (χ2v) is 6.03. The third-order valence-electron chi connectivity index (χ3n) is 4.41. The fourth-order valence-electron chi connectivity index (χ4n) is 2.99. The van der Waals surface area contributed by atoms with Gasteiger partial charge < -0.3 is 15.2 Å². The van der Waals surface area contributed by atoms with E-state index in [1.807, 2.05) is 68.1 Å². The van der Waals surface area contributed by atoms with Crippen molar-refractivity contribution in [1.82, 2.24) is 24.6 Å². The monoisotopic (exact) mass is 352 g/mol. The van der Waals surface area contributed by atoms with Crippen LogP contribution < -0.4 is 10.6 Å². The van der Waals surface area contributed by atoms with Gasteiger partial charge in [0.05, 0.1) is 6.04 Å². The zero-order valence-corrected chi connectivity index (χ0v) is 15.3. The maximum absolute atomic E-state index is 12.5. The average molecular weight is 352 g/mol. The Morgan fingerprint density at radius 3 is 2.65 bits per heavy atom. The molecule has 0 saturated carbocycles. The first-order valence-electron chi connectivity index (χ1n) is 8.82. The Labute approximate surface area is 153 Å². The Morgan fingerprint density at radius 2 is 1.96 bits per heavy atom. The van der Waals surface area contributed by atoms with Crippen LogP contribution in [-0.4, -0.2) is 25.4 Å². The van der Waals surface area contributed by atoms with Crippen LogP contribution in [0, 0.1) is 6.92 Å². The molecule has 1 unspecified atom stereocenters. The quantitative estimate of drug-likeness (QED) is 0.710. The highest BCUT2D eigenvalue weighted by Gasteiger charge is 2.18. The summed E-state index contributed by atoms with van der Waals surface area (Å²) in [4.78, 5) is 16.8. The van der Waals surface area contributed by atoms with Gasteiger partial charge in [-0.1, -0.05) is 13.0 Å². The first-order chi connectivity index (χ1) is 12.6. The van der Waals surface area contributed by atoms with Gasteiger partial charge in [-0.3, -0.25) is 0 Å². The van der Waals surface area contributed by atoms with Crippen molar-refractivity contribution in [2.45, 2.75) is 39.8 Å². The predicted octanol–water partition coefficient (Wildman–Crippen LogP) is 3.67. The normalized spacial score (nSPS) is 12.0. The van der Waals surface area contributed by atoms with Crippen molar-refractivity contribution in [1.29, 1.82) is 0 Å². The molecule has 0 bridgehead atoms. The van der Waals surface area contributed by atoms with E-state index in [1.165, 1.54) is 6.33 Å². The second kappa shape index (κ2) is 7.86. The van der Waals surface area contributed by atoms with Crippen LogP contribution in [-0.2, 0) is 6.54 Å². The first kappa shape index (κ1) is 17.7. The molecule has 0 saturated heterocycles. The summed E-state index contributed by atoms with van der Waals surface area (Å²) in [6, 6.07) is 9.36. The van der Waals surface area contributed by atoms with Gasteiger partial charge in [0, 0.05) is 30.3 Å². The van der Waals surface area contributed by atoms with Gasteiger partial charge in [0.25, 0.3) is 0 Å². The lowest BCUT2D eigenvalue weighted by Gasteiger charge is -2.18. The molecule has 26 heavy (non-hydrogen) atoms. The van der Waals surface area contributed by atoms with Crippen molar-refractivity contribution in [3.63, 3.8) is 0 Å². The van der Waals surface area contributed by atoms with Crippen molar-refractivity contribution in [2.75, 3.05) is 5.32 Å². The van der Waals surface area contributed by atoms with Gasteiger partial charge in [0.1, 0.15) is 12.2 Å². The number of amides is 2. The van der Waals surface area contributed by atoms with Crippen molar-refractivity contribution in [3.05, 3.63) is 60.4 Å². The Bertz CT molecular complexity index is 868. The molecule has 7 heteroatoms. The summed E-state index contributed by atoms with van der Waals surface area (Å²) < 4.78 is 3.82. The molecule has 2 heterocycles. The third kappa shape index (κ3) is 3.61. The Balaban J connectivity index is 1.75. The molecule has 2 amide bonds. The molecule has 0 aliphatic rings. The van der Waals surface area contributed by atoms with E-state index in [1.54, 1.807) is 4.68 Å². The number of urea groups is 1. The molecular weight excluding hydrogens is 328 g/mol. The molecule has 2 N–H and O–H groups in total. The largest absolute Gasteiger partial charge is 0.328 e.